The van der Waals surface area contributed by atoms with Crippen LogP contribution < -0.4 is 4.90 Å². The molecular formula is C16H16N4. The second-order valence-corrected chi connectivity index (χ2v) is 5.24. The number of H-pyrrole nitrogens is 1. The molecule has 2 aromatic heterocycles. The van der Waals surface area contributed by atoms with Crippen LogP contribution in [0.1, 0.15) is 17.7 Å². The Labute approximate surface area is 117 Å². The molecule has 4 nitrogen and oxygen atoms in total. The summed E-state index contributed by atoms with van der Waals surface area (Å²) in [5.74, 6) is 1.06. The molecular weight excluding hydrogens is 248 g/mol. The highest BCUT2D eigenvalue weighted by atomic mass is 15.2. The predicted molar refractivity (Wildman–Crippen MR) is 79.7 cm³/mol. The Balaban J connectivity index is 1.79. The van der Waals surface area contributed by atoms with E-state index in [9.17, 15) is 0 Å². The van der Waals surface area contributed by atoms with Gasteiger partial charge in [0, 0.05) is 19.3 Å². The SMILES string of the molecule is c1ccc(CN2CCCc3n[nH]c4ccnc2c34)cc1. The molecule has 1 aliphatic rings. The first kappa shape index (κ1) is 11.5. The number of nitrogens with one attached hydrogen (secondary N) is 1. The molecule has 0 radical (unpaired) electrons. The van der Waals surface area contributed by atoms with E-state index in [0.717, 1.165) is 43.0 Å². The lowest BCUT2D eigenvalue weighted by atomic mass is 10.2. The van der Waals surface area contributed by atoms with E-state index in [2.05, 4.69) is 50.4 Å². The summed E-state index contributed by atoms with van der Waals surface area (Å²) in [6.45, 7) is 1.93. The quantitative estimate of drug-likeness (QED) is 0.774. The molecule has 0 fully saturated rings. The third-order valence-electron chi connectivity index (χ3n) is 3.89. The van der Waals surface area contributed by atoms with Crippen LogP contribution in [0.3, 0.4) is 0 Å². The predicted octanol–water partition coefficient (Wildman–Crippen LogP) is 2.91. The summed E-state index contributed by atoms with van der Waals surface area (Å²) in [4.78, 5) is 6.98. The van der Waals surface area contributed by atoms with Crippen LogP contribution in [0.15, 0.2) is 42.6 Å². The van der Waals surface area contributed by atoms with Crippen molar-refractivity contribution in [3.63, 3.8) is 0 Å². The molecule has 0 unspecified atom stereocenters. The van der Waals surface area contributed by atoms with Crippen molar-refractivity contribution in [1.29, 1.82) is 0 Å². The van der Waals surface area contributed by atoms with Gasteiger partial charge in [0.2, 0.25) is 0 Å². The first-order valence-electron chi connectivity index (χ1n) is 7.02. The molecule has 1 aromatic carbocycles. The number of aromatic nitrogens is 3. The monoisotopic (exact) mass is 264 g/mol. The van der Waals surface area contributed by atoms with Gasteiger partial charge < -0.3 is 4.90 Å². The number of pyridine rings is 1. The molecule has 0 saturated heterocycles. The Morgan fingerprint density at radius 3 is 2.95 bits per heavy atom. The van der Waals surface area contributed by atoms with Gasteiger partial charge in [0.05, 0.1) is 16.6 Å². The van der Waals surface area contributed by atoms with Crippen LogP contribution in [0, 0.1) is 0 Å². The highest BCUT2D eigenvalue weighted by molar-refractivity contribution is 5.92. The van der Waals surface area contributed by atoms with Gasteiger partial charge in [0.25, 0.3) is 0 Å². The average molecular weight is 264 g/mol. The van der Waals surface area contributed by atoms with E-state index in [1.165, 1.54) is 10.9 Å². The molecule has 4 rings (SSSR count). The fourth-order valence-electron chi connectivity index (χ4n) is 2.93. The lowest BCUT2D eigenvalue weighted by Gasteiger charge is -2.22. The third kappa shape index (κ3) is 1.84. The molecule has 100 valence electrons. The molecule has 3 heterocycles. The van der Waals surface area contributed by atoms with Crippen molar-refractivity contribution >= 4 is 16.7 Å². The van der Waals surface area contributed by atoms with Crippen molar-refractivity contribution in [3.05, 3.63) is 53.9 Å². The Morgan fingerprint density at radius 2 is 2.05 bits per heavy atom. The minimum atomic E-state index is 0.900. The van der Waals surface area contributed by atoms with E-state index in [0.29, 0.717) is 0 Å². The van der Waals surface area contributed by atoms with E-state index in [-0.39, 0.29) is 0 Å². The average Bonchev–Trinajstić information content (AvgIpc) is 2.82. The maximum absolute atomic E-state index is 4.61. The Bertz CT molecular complexity index is 733. The summed E-state index contributed by atoms with van der Waals surface area (Å²) in [6.07, 6.45) is 4.00. The first-order chi connectivity index (χ1) is 9.92. The molecule has 0 saturated carbocycles. The summed E-state index contributed by atoms with van der Waals surface area (Å²) in [5, 5.41) is 8.75. The number of rotatable bonds is 2. The molecule has 4 heteroatoms. The number of hydrogen-bond acceptors (Lipinski definition) is 3. The number of anilines is 1. The zero-order chi connectivity index (χ0) is 13.4. The first-order valence-corrected chi connectivity index (χ1v) is 7.02. The Kier molecular flexibility index (Phi) is 2.66. The Hall–Kier alpha value is -2.36. The fourth-order valence-corrected chi connectivity index (χ4v) is 2.93. The van der Waals surface area contributed by atoms with E-state index in [1.54, 1.807) is 0 Å². The van der Waals surface area contributed by atoms with Gasteiger partial charge in [0.1, 0.15) is 5.82 Å². The second kappa shape index (κ2) is 4.63. The molecule has 0 amide bonds. The summed E-state index contributed by atoms with van der Waals surface area (Å²) >= 11 is 0. The van der Waals surface area contributed by atoms with Gasteiger partial charge in [-0.25, -0.2) is 4.98 Å². The molecule has 1 N–H and O–H groups in total. The van der Waals surface area contributed by atoms with E-state index < -0.39 is 0 Å². The van der Waals surface area contributed by atoms with E-state index >= 15 is 0 Å². The van der Waals surface area contributed by atoms with Gasteiger partial charge in [-0.15, -0.1) is 0 Å². The van der Waals surface area contributed by atoms with Crippen LogP contribution in [0.25, 0.3) is 10.9 Å². The summed E-state index contributed by atoms with van der Waals surface area (Å²) in [5.41, 5.74) is 3.56. The molecule has 1 aliphatic heterocycles. The molecule has 0 spiro atoms. The van der Waals surface area contributed by atoms with Gasteiger partial charge in [-0.05, 0) is 24.5 Å². The van der Waals surface area contributed by atoms with Crippen LogP contribution in [-0.2, 0) is 13.0 Å². The van der Waals surface area contributed by atoms with Gasteiger partial charge >= 0.3 is 0 Å². The maximum atomic E-state index is 4.61. The van der Waals surface area contributed by atoms with E-state index in [4.69, 9.17) is 0 Å². The number of aryl methyl sites for hydroxylation is 1. The lowest BCUT2D eigenvalue weighted by Crippen LogP contribution is -2.24. The molecule has 3 aromatic rings. The molecule has 20 heavy (non-hydrogen) atoms. The number of nitrogens with zero attached hydrogens (tertiary/aromatic N) is 3. The minimum Gasteiger partial charge on any atom is -0.352 e. The summed E-state index contributed by atoms with van der Waals surface area (Å²) in [7, 11) is 0. The normalized spacial score (nSPS) is 14.5. The van der Waals surface area contributed by atoms with Crippen LogP contribution >= 0.6 is 0 Å². The minimum absolute atomic E-state index is 0.900. The number of benzene rings is 1. The van der Waals surface area contributed by atoms with Crippen molar-refractivity contribution < 1.29 is 0 Å². The van der Waals surface area contributed by atoms with Crippen LogP contribution in [0.5, 0.6) is 0 Å². The van der Waals surface area contributed by atoms with Crippen molar-refractivity contribution in [1.82, 2.24) is 15.2 Å². The molecule has 0 atom stereocenters. The molecule has 0 bridgehead atoms. The van der Waals surface area contributed by atoms with Crippen molar-refractivity contribution in [2.75, 3.05) is 11.4 Å². The van der Waals surface area contributed by atoms with Crippen molar-refractivity contribution in [3.8, 4) is 0 Å². The van der Waals surface area contributed by atoms with Crippen molar-refractivity contribution in [2.24, 2.45) is 0 Å². The smallest absolute Gasteiger partial charge is 0.140 e. The van der Waals surface area contributed by atoms with Crippen LogP contribution in [0.4, 0.5) is 5.82 Å². The second-order valence-electron chi connectivity index (χ2n) is 5.24. The highest BCUT2D eigenvalue weighted by Crippen LogP contribution is 2.30. The topological polar surface area (TPSA) is 44.8 Å². The van der Waals surface area contributed by atoms with Gasteiger partial charge in [-0.2, -0.15) is 5.10 Å². The van der Waals surface area contributed by atoms with Crippen molar-refractivity contribution in [2.45, 2.75) is 19.4 Å². The standard InChI is InChI=1S/C16H16N4/c1-2-5-12(6-3-1)11-20-10-4-7-13-15-14(19-18-13)8-9-17-16(15)20/h1-3,5-6,8-9H,4,7,10-11H2,(H,18,19). The zero-order valence-corrected chi connectivity index (χ0v) is 11.2. The summed E-state index contributed by atoms with van der Waals surface area (Å²) in [6, 6.07) is 12.6. The fraction of sp³-hybridized carbons (Fsp3) is 0.250. The number of aromatic amines is 1. The van der Waals surface area contributed by atoms with Gasteiger partial charge in [0.15, 0.2) is 0 Å². The number of hydrogen-bond donors (Lipinski definition) is 1. The largest absolute Gasteiger partial charge is 0.352 e. The van der Waals surface area contributed by atoms with Gasteiger partial charge in [-0.3, -0.25) is 5.10 Å². The van der Waals surface area contributed by atoms with Gasteiger partial charge in [-0.1, -0.05) is 30.3 Å². The van der Waals surface area contributed by atoms with Crippen LogP contribution in [-0.4, -0.2) is 21.7 Å². The third-order valence-corrected chi connectivity index (χ3v) is 3.89. The van der Waals surface area contributed by atoms with E-state index in [1.807, 2.05) is 12.3 Å². The molecule has 0 aliphatic carbocycles. The Morgan fingerprint density at radius 1 is 1.15 bits per heavy atom. The summed E-state index contributed by atoms with van der Waals surface area (Å²) < 4.78 is 0. The highest BCUT2D eigenvalue weighted by Gasteiger charge is 2.20. The van der Waals surface area contributed by atoms with Crippen LogP contribution in [0.2, 0.25) is 0 Å². The zero-order valence-electron chi connectivity index (χ0n) is 11.2. The maximum Gasteiger partial charge on any atom is 0.140 e. The lowest BCUT2D eigenvalue weighted by molar-refractivity contribution is 0.725.